The van der Waals surface area contributed by atoms with Crippen molar-refractivity contribution in [1.29, 1.82) is 0 Å². The van der Waals surface area contributed by atoms with Crippen LogP contribution in [0.15, 0.2) is 0 Å². The van der Waals surface area contributed by atoms with Gasteiger partial charge in [0.05, 0.1) is 11.8 Å². The van der Waals surface area contributed by atoms with Crippen molar-refractivity contribution in [3.05, 3.63) is 0 Å². The van der Waals surface area contributed by atoms with Crippen molar-refractivity contribution in [2.24, 2.45) is 5.41 Å². The lowest BCUT2D eigenvalue weighted by atomic mass is 9.66. The van der Waals surface area contributed by atoms with Crippen LogP contribution < -0.4 is 0 Å². The summed E-state index contributed by atoms with van der Waals surface area (Å²) in [7, 11) is 0. The van der Waals surface area contributed by atoms with E-state index in [1.54, 1.807) is 6.92 Å². The van der Waals surface area contributed by atoms with E-state index in [-0.39, 0.29) is 18.0 Å². The monoisotopic (exact) mass is 126 g/mol. The van der Waals surface area contributed by atoms with Gasteiger partial charge in [0.1, 0.15) is 0 Å². The Bertz CT molecular complexity index is 156. The summed E-state index contributed by atoms with van der Waals surface area (Å²) in [5.74, 6) is 0.213. The van der Waals surface area contributed by atoms with Gasteiger partial charge in [0.2, 0.25) is 0 Å². The van der Waals surface area contributed by atoms with E-state index in [0.29, 0.717) is 6.42 Å². The normalized spacial score (nSPS) is 23.8. The fraction of sp³-hybridized carbons (Fsp3) is 0.714. The van der Waals surface area contributed by atoms with Crippen LogP contribution in [0.1, 0.15) is 26.7 Å². The molecule has 0 bridgehead atoms. The second kappa shape index (κ2) is 1.66. The first-order valence-electron chi connectivity index (χ1n) is 3.18. The molecule has 0 saturated heterocycles. The van der Waals surface area contributed by atoms with E-state index < -0.39 is 5.41 Å². The second-order valence-corrected chi connectivity index (χ2v) is 2.71. The van der Waals surface area contributed by atoms with Crippen LogP contribution in [0, 0.1) is 5.41 Å². The van der Waals surface area contributed by atoms with Gasteiger partial charge in [0, 0.05) is 0 Å². The minimum Gasteiger partial charge on any atom is -0.298 e. The van der Waals surface area contributed by atoms with E-state index in [2.05, 4.69) is 0 Å². The number of ketones is 2. The third-order valence-electron chi connectivity index (χ3n) is 2.26. The summed E-state index contributed by atoms with van der Waals surface area (Å²) in [6, 6.07) is 0. The molecule has 1 saturated carbocycles. The van der Waals surface area contributed by atoms with Crippen molar-refractivity contribution in [1.82, 2.24) is 0 Å². The summed E-state index contributed by atoms with van der Waals surface area (Å²) < 4.78 is 0. The average Bonchev–Trinajstić information content (AvgIpc) is 1.87. The highest BCUT2D eigenvalue weighted by atomic mass is 16.2. The molecule has 9 heavy (non-hydrogen) atoms. The number of Topliss-reactive ketones (excluding diaryl/α,β-unsaturated/α-hetero) is 2. The van der Waals surface area contributed by atoms with E-state index in [1.807, 2.05) is 6.92 Å². The maximum absolute atomic E-state index is 10.8. The number of rotatable bonds is 1. The SMILES string of the molecule is CCC1(C)C(=O)CC1=O. The molecule has 0 unspecified atom stereocenters. The molecular weight excluding hydrogens is 116 g/mol. The Hall–Kier alpha value is -0.660. The standard InChI is InChI=1S/C7H10O2/c1-3-7(2)5(8)4-6(7)9/h3-4H2,1-2H3. The van der Waals surface area contributed by atoms with Gasteiger partial charge in [0.15, 0.2) is 11.6 Å². The molecule has 1 aliphatic carbocycles. The van der Waals surface area contributed by atoms with Gasteiger partial charge in [-0.25, -0.2) is 0 Å². The molecule has 0 amide bonds. The van der Waals surface area contributed by atoms with Crippen molar-refractivity contribution in [3.63, 3.8) is 0 Å². The Morgan fingerprint density at radius 3 is 2.00 bits per heavy atom. The highest BCUT2D eigenvalue weighted by molar-refractivity contribution is 6.24. The summed E-state index contributed by atoms with van der Waals surface area (Å²) in [6.07, 6.45) is 0.828. The van der Waals surface area contributed by atoms with Gasteiger partial charge in [0.25, 0.3) is 0 Å². The summed E-state index contributed by atoms with van der Waals surface area (Å²) in [5, 5.41) is 0. The molecule has 0 aromatic rings. The molecule has 50 valence electrons. The highest BCUT2D eigenvalue weighted by Gasteiger charge is 2.48. The summed E-state index contributed by atoms with van der Waals surface area (Å²) in [6.45, 7) is 3.59. The quantitative estimate of drug-likeness (QED) is 0.490. The van der Waals surface area contributed by atoms with Gasteiger partial charge in [-0.1, -0.05) is 6.92 Å². The minimum absolute atomic E-state index is 0.106. The predicted molar refractivity (Wildman–Crippen MR) is 33.0 cm³/mol. The smallest absolute Gasteiger partial charge is 0.153 e. The second-order valence-electron chi connectivity index (χ2n) is 2.71. The van der Waals surface area contributed by atoms with Gasteiger partial charge < -0.3 is 0 Å². The van der Waals surface area contributed by atoms with Crippen LogP contribution in [-0.2, 0) is 9.59 Å². The topological polar surface area (TPSA) is 34.1 Å². The zero-order chi connectivity index (χ0) is 7.07. The molecule has 0 N–H and O–H groups in total. The van der Waals surface area contributed by atoms with E-state index in [4.69, 9.17) is 0 Å². The zero-order valence-electron chi connectivity index (χ0n) is 5.73. The number of carbonyl (C=O) groups excluding carboxylic acids is 2. The Morgan fingerprint density at radius 1 is 1.44 bits per heavy atom. The lowest BCUT2D eigenvalue weighted by Gasteiger charge is -2.32. The van der Waals surface area contributed by atoms with Crippen molar-refractivity contribution in [3.8, 4) is 0 Å². The zero-order valence-corrected chi connectivity index (χ0v) is 5.73. The summed E-state index contributed by atoms with van der Waals surface area (Å²) in [5.41, 5.74) is -0.597. The average molecular weight is 126 g/mol. The van der Waals surface area contributed by atoms with E-state index in [9.17, 15) is 9.59 Å². The van der Waals surface area contributed by atoms with Crippen LogP contribution in [0.25, 0.3) is 0 Å². The molecular formula is C7H10O2. The Morgan fingerprint density at radius 2 is 1.89 bits per heavy atom. The Labute approximate surface area is 54.2 Å². The molecule has 0 aromatic carbocycles. The molecule has 0 spiro atoms. The molecule has 0 radical (unpaired) electrons. The molecule has 2 heteroatoms. The first kappa shape index (κ1) is 6.46. The third-order valence-corrected chi connectivity index (χ3v) is 2.26. The van der Waals surface area contributed by atoms with Crippen LogP contribution in [0.3, 0.4) is 0 Å². The number of hydrogen-bond donors (Lipinski definition) is 0. The molecule has 1 aliphatic rings. The van der Waals surface area contributed by atoms with Gasteiger partial charge in [-0.3, -0.25) is 9.59 Å². The number of hydrogen-bond acceptors (Lipinski definition) is 2. The maximum atomic E-state index is 10.8. The molecule has 2 nitrogen and oxygen atoms in total. The minimum atomic E-state index is -0.597. The van der Waals surface area contributed by atoms with Crippen LogP contribution in [0.2, 0.25) is 0 Å². The maximum Gasteiger partial charge on any atom is 0.153 e. The predicted octanol–water partition coefficient (Wildman–Crippen LogP) is 0.945. The van der Waals surface area contributed by atoms with Crippen LogP contribution in [0.5, 0.6) is 0 Å². The first-order chi connectivity index (χ1) is 4.11. The lowest BCUT2D eigenvalue weighted by Crippen LogP contribution is -2.47. The van der Waals surface area contributed by atoms with Gasteiger partial charge in [-0.2, -0.15) is 0 Å². The Balaban J connectivity index is 2.78. The largest absolute Gasteiger partial charge is 0.298 e. The van der Waals surface area contributed by atoms with Crippen LogP contribution in [-0.4, -0.2) is 11.6 Å². The molecule has 1 fully saturated rings. The molecule has 0 atom stereocenters. The first-order valence-corrected chi connectivity index (χ1v) is 3.18. The van der Waals surface area contributed by atoms with Crippen LogP contribution in [0.4, 0.5) is 0 Å². The molecule has 0 heterocycles. The van der Waals surface area contributed by atoms with Crippen LogP contribution >= 0.6 is 0 Å². The Kier molecular flexibility index (Phi) is 1.19. The van der Waals surface area contributed by atoms with E-state index >= 15 is 0 Å². The third kappa shape index (κ3) is 0.622. The summed E-state index contributed by atoms with van der Waals surface area (Å²) >= 11 is 0. The van der Waals surface area contributed by atoms with Crippen molar-refractivity contribution >= 4 is 11.6 Å². The highest BCUT2D eigenvalue weighted by Crippen LogP contribution is 2.35. The van der Waals surface area contributed by atoms with E-state index in [0.717, 1.165) is 0 Å². The lowest BCUT2D eigenvalue weighted by molar-refractivity contribution is -0.151. The fourth-order valence-corrected chi connectivity index (χ4v) is 0.979. The molecule has 0 aromatic heterocycles. The van der Waals surface area contributed by atoms with Gasteiger partial charge in [-0.15, -0.1) is 0 Å². The van der Waals surface area contributed by atoms with Crippen molar-refractivity contribution in [2.45, 2.75) is 26.7 Å². The van der Waals surface area contributed by atoms with Crippen molar-refractivity contribution in [2.75, 3.05) is 0 Å². The van der Waals surface area contributed by atoms with Gasteiger partial charge in [-0.05, 0) is 13.3 Å². The van der Waals surface area contributed by atoms with E-state index in [1.165, 1.54) is 0 Å². The van der Waals surface area contributed by atoms with Crippen molar-refractivity contribution < 1.29 is 9.59 Å². The summed E-state index contributed by atoms with van der Waals surface area (Å²) in [4.78, 5) is 21.5. The number of carbonyl (C=O) groups is 2. The van der Waals surface area contributed by atoms with Gasteiger partial charge >= 0.3 is 0 Å². The molecule has 1 rings (SSSR count). The fourth-order valence-electron chi connectivity index (χ4n) is 0.979. The molecule has 0 aliphatic heterocycles.